The third-order valence-electron chi connectivity index (χ3n) is 1.82. The van der Waals surface area contributed by atoms with Crippen LogP contribution in [0.1, 0.15) is 30.9 Å². The minimum atomic E-state index is 0. The summed E-state index contributed by atoms with van der Waals surface area (Å²) in [5.41, 5.74) is 2.09. The molecule has 1 unspecified atom stereocenters. The van der Waals surface area contributed by atoms with Gasteiger partial charge in [-0.15, -0.1) is 0 Å². The van der Waals surface area contributed by atoms with Gasteiger partial charge in [-0.3, -0.25) is 0 Å². The first kappa shape index (κ1) is 19.0. The minimum Gasteiger partial charge on any atom is -0.343 e. The molecule has 84 valence electrons. The number of benzene rings is 1. The van der Waals surface area contributed by atoms with E-state index in [0.717, 1.165) is 27.2 Å². The zero-order chi connectivity index (χ0) is 11.8. The first-order valence-electron chi connectivity index (χ1n) is 4.88. The van der Waals surface area contributed by atoms with Gasteiger partial charge in [-0.2, -0.15) is 6.42 Å². The van der Waals surface area contributed by atoms with E-state index in [4.69, 9.17) is 23.8 Å². The number of rotatable bonds is 2. The molecule has 0 aliphatic heterocycles. The Bertz CT molecular complexity index is 307. The van der Waals surface area contributed by atoms with Gasteiger partial charge < -0.3 is 6.92 Å². The second-order valence-electron chi connectivity index (χ2n) is 3.15. The van der Waals surface area contributed by atoms with Gasteiger partial charge in [-0.1, -0.05) is 58.5 Å². The first-order valence-corrected chi connectivity index (χ1v) is 6.25. The summed E-state index contributed by atoms with van der Waals surface area (Å²) in [5.74, 6) is 0. The van der Waals surface area contributed by atoms with Crippen molar-refractivity contribution in [2.75, 3.05) is 0 Å². The zero-order valence-corrected chi connectivity index (χ0v) is 12.9. The number of hydrogen-bond donors (Lipinski definition) is 0. The Morgan fingerprint density at radius 3 is 2.25 bits per heavy atom. The summed E-state index contributed by atoms with van der Waals surface area (Å²) < 4.78 is 0.771. The maximum atomic E-state index is 5.92. The molecular weight excluding hydrogens is 250 g/mol. The molecule has 0 amide bonds. The standard InChI is InChI=1S/C8H8ClPS.C4H9.Li/c1-5-3-2-4-6(9)7(5)8(10)11;1-3-4-2;/h2-4H,10H2,1H3;1,3-4H2,2H3;/q;-1;+1. The average Bonchev–Trinajstić information content (AvgIpc) is 2.17. The summed E-state index contributed by atoms with van der Waals surface area (Å²) >= 11 is 10.9. The molecule has 0 aromatic heterocycles. The third-order valence-corrected chi connectivity index (χ3v) is 2.63. The summed E-state index contributed by atoms with van der Waals surface area (Å²) in [6.45, 7) is 7.72. The number of hydrogen-bond acceptors (Lipinski definition) is 1. The number of thiocarbonyl (C=S) groups is 1. The van der Waals surface area contributed by atoms with Crippen molar-refractivity contribution in [3.63, 3.8) is 0 Å². The van der Waals surface area contributed by atoms with E-state index in [1.165, 1.54) is 6.42 Å². The van der Waals surface area contributed by atoms with Gasteiger partial charge in [-0.05, 0) is 18.6 Å². The Labute approximate surface area is 124 Å². The molecule has 0 saturated carbocycles. The van der Waals surface area contributed by atoms with Crippen LogP contribution < -0.4 is 18.9 Å². The predicted molar refractivity (Wildman–Crippen MR) is 77.9 cm³/mol. The smallest absolute Gasteiger partial charge is 0.343 e. The fourth-order valence-corrected chi connectivity index (χ4v) is 2.07. The summed E-state index contributed by atoms with van der Waals surface area (Å²) in [6.07, 6.45) is 2.28. The molecule has 1 rings (SSSR count). The number of aryl methyl sites for hydroxylation is 1. The SMILES string of the molecule is Cc1cccc(Cl)c1C(P)=S.[CH2-]CCC.[Li+]. The monoisotopic (exact) mass is 266 g/mol. The van der Waals surface area contributed by atoms with Gasteiger partial charge >= 0.3 is 18.9 Å². The van der Waals surface area contributed by atoms with Crippen LogP contribution in [0.25, 0.3) is 0 Å². The molecule has 0 fully saturated rings. The molecule has 0 aliphatic carbocycles. The molecule has 1 aromatic carbocycles. The number of halogens is 1. The van der Waals surface area contributed by atoms with E-state index in [1.807, 2.05) is 25.1 Å². The van der Waals surface area contributed by atoms with Crippen molar-refractivity contribution < 1.29 is 18.9 Å². The average molecular weight is 267 g/mol. The van der Waals surface area contributed by atoms with Crippen LogP contribution in [-0.4, -0.2) is 4.61 Å². The second-order valence-corrected chi connectivity index (χ2v) is 4.99. The minimum absolute atomic E-state index is 0. The molecule has 16 heavy (non-hydrogen) atoms. The molecule has 0 aliphatic rings. The van der Waals surface area contributed by atoms with Crippen molar-refractivity contribution in [1.82, 2.24) is 0 Å². The molecule has 0 N–H and O–H groups in total. The zero-order valence-electron chi connectivity index (χ0n) is 10.2. The maximum absolute atomic E-state index is 5.92. The topological polar surface area (TPSA) is 0 Å². The van der Waals surface area contributed by atoms with E-state index in [0.29, 0.717) is 0 Å². The predicted octanol–water partition coefficient (Wildman–Crippen LogP) is 1.82. The van der Waals surface area contributed by atoms with Crippen molar-refractivity contribution in [1.29, 1.82) is 0 Å². The van der Waals surface area contributed by atoms with Crippen LogP contribution in [0.2, 0.25) is 5.02 Å². The van der Waals surface area contributed by atoms with E-state index in [2.05, 4.69) is 23.1 Å². The van der Waals surface area contributed by atoms with E-state index in [9.17, 15) is 0 Å². The van der Waals surface area contributed by atoms with Crippen molar-refractivity contribution in [3.8, 4) is 0 Å². The fraction of sp³-hybridized carbons (Fsp3) is 0.333. The van der Waals surface area contributed by atoms with E-state index in [-0.39, 0.29) is 18.9 Å². The van der Waals surface area contributed by atoms with E-state index < -0.39 is 0 Å². The summed E-state index contributed by atoms with van der Waals surface area (Å²) in [6, 6.07) is 5.77. The summed E-state index contributed by atoms with van der Waals surface area (Å²) in [4.78, 5) is 0. The summed E-state index contributed by atoms with van der Waals surface area (Å²) in [5, 5.41) is 0.727. The molecule has 0 heterocycles. The van der Waals surface area contributed by atoms with Crippen molar-refractivity contribution in [2.24, 2.45) is 0 Å². The van der Waals surface area contributed by atoms with Gasteiger partial charge in [0.15, 0.2) is 0 Å². The van der Waals surface area contributed by atoms with E-state index >= 15 is 0 Å². The van der Waals surface area contributed by atoms with Gasteiger partial charge in [0.2, 0.25) is 0 Å². The van der Waals surface area contributed by atoms with Crippen LogP contribution in [0.4, 0.5) is 0 Å². The van der Waals surface area contributed by atoms with Gasteiger partial charge in [0.1, 0.15) is 0 Å². The van der Waals surface area contributed by atoms with Crippen LogP contribution in [-0.2, 0) is 0 Å². The normalized spacial score (nSPS) is 8.56. The van der Waals surface area contributed by atoms with Crippen molar-refractivity contribution in [2.45, 2.75) is 26.7 Å². The van der Waals surface area contributed by atoms with Crippen molar-refractivity contribution in [3.05, 3.63) is 41.3 Å². The quantitative estimate of drug-likeness (QED) is 0.341. The van der Waals surface area contributed by atoms with Crippen LogP contribution in [0, 0.1) is 13.8 Å². The van der Waals surface area contributed by atoms with Crippen molar-refractivity contribution >= 4 is 37.7 Å². The Hall–Kier alpha value is 0.627. The number of unbranched alkanes of at least 4 members (excludes halogenated alkanes) is 1. The Balaban J connectivity index is 0. The largest absolute Gasteiger partial charge is 1.00 e. The molecule has 0 bridgehead atoms. The third kappa shape index (κ3) is 7.05. The van der Waals surface area contributed by atoms with Gasteiger partial charge in [0.05, 0.1) is 0 Å². The Morgan fingerprint density at radius 2 is 2.00 bits per heavy atom. The van der Waals surface area contributed by atoms with Crippen LogP contribution in [0.15, 0.2) is 18.2 Å². The molecule has 0 spiro atoms. The van der Waals surface area contributed by atoms with E-state index in [1.54, 1.807) is 0 Å². The Kier molecular flexibility index (Phi) is 12.8. The van der Waals surface area contributed by atoms with Gasteiger partial charge in [0, 0.05) is 15.2 Å². The molecular formula is C12H17ClLiPS. The van der Waals surface area contributed by atoms with Crippen LogP contribution >= 0.6 is 33.1 Å². The first-order chi connectivity index (χ1) is 7.04. The maximum Gasteiger partial charge on any atom is 1.00 e. The van der Waals surface area contributed by atoms with Gasteiger partial charge in [0.25, 0.3) is 0 Å². The molecule has 0 radical (unpaired) electrons. The molecule has 1 atom stereocenters. The van der Waals surface area contributed by atoms with Gasteiger partial charge in [-0.25, -0.2) is 0 Å². The van der Waals surface area contributed by atoms with Crippen LogP contribution in [0.3, 0.4) is 0 Å². The molecule has 0 saturated heterocycles. The molecule has 4 heteroatoms. The summed E-state index contributed by atoms with van der Waals surface area (Å²) in [7, 11) is 2.49. The Morgan fingerprint density at radius 1 is 1.50 bits per heavy atom. The van der Waals surface area contributed by atoms with Crippen LogP contribution in [0.5, 0.6) is 0 Å². The fourth-order valence-electron chi connectivity index (χ4n) is 0.944. The molecule has 1 aromatic rings. The molecule has 0 nitrogen and oxygen atoms in total. The second kappa shape index (κ2) is 10.8.